The van der Waals surface area contributed by atoms with E-state index in [1.54, 1.807) is 48.7 Å². The summed E-state index contributed by atoms with van der Waals surface area (Å²) in [4.78, 5) is 35.3. The van der Waals surface area contributed by atoms with Gasteiger partial charge in [0.15, 0.2) is 10.9 Å². The van der Waals surface area contributed by atoms with Crippen molar-refractivity contribution in [3.63, 3.8) is 0 Å². The SMILES string of the molecule is CC(=O)c1cccc(NC(=O)c2nc(SCc3ccccc3F)ncc2Sc2ccccc2)c1. The van der Waals surface area contributed by atoms with E-state index in [1.807, 2.05) is 30.3 Å². The lowest BCUT2D eigenvalue weighted by atomic mass is 10.1. The first-order valence-electron chi connectivity index (χ1n) is 10.4. The van der Waals surface area contributed by atoms with Crippen LogP contribution in [0.4, 0.5) is 10.1 Å². The molecule has 4 aromatic rings. The van der Waals surface area contributed by atoms with Crippen molar-refractivity contribution in [2.75, 3.05) is 5.32 Å². The van der Waals surface area contributed by atoms with E-state index >= 15 is 0 Å². The van der Waals surface area contributed by atoms with Gasteiger partial charge in [-0.2, -0.15) is 0 Å². The smallest absolute Gasteiger partial charge is 0.275 e. The quantitative estimate of drug-likeness (QED) is 0.173. The van der Waals surface area contributed by atoms with Gasteiger partial charge in [0.2, 0.25) is 0 Å². The highest BCUT2D eigenvalue weighted by Crippen LogP contribution is 2.31. The minimum absolute atomic E-state index is 0.0923. The standard InChI is InChI=1S/C26H20FN3O2S2/c1-17(31)18-9-7-10-20(14-18)29-25(32)24-23(34-21-11-3-2-4-12-21)15-28-26(30-24)33-16-19-8-5-6-13-22(19)27/h2-15H,16H2,1H3,(H,29,32). The van der Waals surface area contributed by atoms with Gasteiger partial charge >= 0.3 is 0 Å². The first-order chi connectivity index (χ1) is 16.5. The van der Waals surface area contributed by atoms with Crippen LogP contribution in [0.5, 0.6) is 0 Å². The molecule has 3 aromatic carbocycles. The number of hydrogen-bond acceptors (Lipinski definition) is 6. The molecule has 0 radical (unpaired) electrons. The van der Waals surface area contributed by atoms with Gasteiger partial charge in [-0.25, -0.2) is 14.4 Å². The second-order valence-electron chi connectivity index (χ2n) is 7.25. The number of nitrogens with zero attached hydrogens (tertiary/aromatic N) is 2. The number of hydrogen-bond donors (Lipinski definition) is 1. The highest BCUT2D eigenvalue weighted by Gasteiger charge is 2.18. The van der Waals surface area contributed by atoms with Crippen molar-refractivity contribution in [1.82, 2.24) is 9.97 Å². The zero-order valence-corrected chi connectivity index (χ0v) is 19.8. The van der Waals surface area contributed by atoms with Crippen molar-refractivity contribution < 1.29 is 14.0 Å². The molecule has 0 aliphatic carbocycles. The van der Waals surface area contributed by atoms with Crippen molar-refractivity contribution in [3.8, 4) is 0 Å². The Balaban J connectivity index is 1.61. The van der Waals surface area contributed by atoms with Crippen LogP contribution in [-0.4, -0.2) is 21.7 Å². The first-order valence-corrected chi connectivity index (χ1v) is 12.2. The third kappa shape index (κ3) is 6.09. The molecule has 0 aliphatic heterocycles. The van der Waals surface area contributed by atoms with E-state index in [0.717, 1.165) is 4.90 Å². The molecule has 0 saturated heterocycles. The summed E-state index contributed by atoms with van der Waals surface area (Å²) < 4.78 is 14.0. The molecule has 34 heavy (non-hydrogen) atoms. The fourth-order valence-corrected chi connectivity index (χ4v) is 4.73. The third-order valence-corrected chi connectivity index (χ3v) is 6.70. The topological polar surface area (TPSA) is 72.0 Å². The van der Waals surface area contributed by atoms with E-state index in [-0.39, 0.29) is 17.3 Å². The number of halogens is 1. The van der Waals surface area contributed by atoms with Gasteiger partial charge in [0.1, 0.15) is 11.5 Å². The number of benzene rings is 3. The molecule has 0 saturated carbocycles. The second-order valence-corrected chi connectivity index (χ2v) is 9.31. The van der Waals surface area contributed by atoms with Gasteiger partial charge in [0.05, 0.1) is 4.90 Å². The Bertz CT molecular complexity index is 1330. The van der Waals surface area contributed by atoms with E-state index in [2.05, 4.69) is 15.3 Å². The minimum atomic E-state index is -0.422. The maximum atomic E-state index is 14.0. The molecular weight excluding hydrogens is 469 g/mol. The molecule has 0 atom stereocenters. The second kappa shape index (κ2) is 11.1. The predicted octanol–water partition coefficient (Wildman–Crippen LogP) is 6.51. The number of aromatic nitrogens is 2. The van der Waals surface area contributed by atoms with Gasteiger partial charge in [0, 0.05) is 28.1 Å². The molecule has 170 valence electrons. The maximum Gasteiger partial charge on any atom is 0.275 e. The number of amides is 1. The average Bonchev–Trinajstić information content (AvgIpc) is 2.85. The van der Waals surface area contributed by atoms with E-state index in [1.165, 1.54) is 36.5 Å². The highest BCUT2D eigenvalue weighted by atomic mass is 32.2. The van der Waals surface area contributed by atoms with Crippen molar-refractivity contribution in [3.05, 3.63) is 108 Å². The van der Waals surface area contributed by atoms with Crippen LogP contribution in [0.25, 0.3) is 0 Å². The van der Waals surface area contributed by atoms with Crippen LogP contribution in [0.3, 0.4) is 0 Å². The molecule has 0 spiro atoms. The van der Waals surface area contributed by atoms with E-state index in [0.29, 0.717) is 32.6 Å². The minimum Gasteiger partial charge on any atom is -0.321 e. The van der Waals surface area contributed by atoms with Crippen molar-refractivity contribution >= 4 is 40.9 Å². The van der Waals surface area contributed by atoms with Crippen LogP contribution >= 0.6 is 23.5 Å². The van der Waals surface area contributed by atoms with E-state index in [4.69, 9.17) is 0 Å². The molecule has 5 nitrogen and oxygen atoms in total. The summed E-state index contributed by atoms with van der Waals surface area (Å²) in [5.41, 5.74) is 1.73. The lowest BCUT2D eigenvalue weighted by Gasteiger charge is -2.11. The lowest BCUT2D eigenvalue weighted by molar-refractivity contribution is 0.100. The van der Waals surface area contributed by atoms with Crippen LogP contribution in [0.2, 0.25) is 0 Å². The number of nitrogens with one attached hydrogen (secondary N) is 1. The molecule has 0 fully saturated rings. The summed E-state index contributed by atoms with van der Waals surface area (Å²) in [5, 5.41) is 3.19. The van der Waals surface area contributed by atoms with Crippen LogP contribution in [0.1, 0.15) is 33.3 Å². The molecule has 1 amide bonds. The monoisotopic (exact) mass is 489 g/mol. The number of Topliss-reactive ketones (excluding diaryl/α,β-unsaturated/α-hetero) is 1. The third-order valence-electron chi connectivity index (χ3n) is 4.76. The average molecular weight is 490 g/mol. The summed E-state index contributed by atoms with van der Waals surface area (Å²) >= 11 is 2.63. The first kappa shape index (κ1) is 23.7. The van der Waals surface area contributed by atoms with Crippen LogP contribution in [0.15, 0.2) is 100 Å². The Kier molecular flexibility index (Phi) is 7.72. The summed E-state index contributed by atoms with van der Waals surface area (Å²) in [6.07, 6.45) is 1.61. The van der Waals surface area contributed by atoms with Gasteiger partial charge < -0.3 is 5.32 Å². The van der Waals surface area contributed by atoms with Gasteiger partial charge in [0.25, 0.3) is 5.91 Å². The fourth-order valence-electron chi connectivity index (χ4n) is 3.04. The molecular formula is C26H20FN3O2S2. The van der Waals surface area contributed by atoms with Crippen molar-refractivity contribution in [2.45, 2.75) is 27.6 Å². The van der Waals surface area contributed by atoms with Gasteiger partial charge in [-0.3, -0.25) is 9.59 Å². The van der Waals surface area contributed by atoms with E-state index < -0.39 is 5.91 Å². The van der Waals surface area contributed by atoms with Crippen molar-refractivity contribution in [2.24, 2.45) is 0 Å². The molecule has 0 aliphatic rings. The summed E-state index contributed by atoms with van der Waals surface area (Å²) in [6, 6.07) is 22.9. The number of ketones is 1. The van der Waals surface area contributed by atoms with Gasteiger partial charge in [-0.1, -0.05) is 72.1 Å². The van der Waals surface area contributed by atoms with Gasteiger partial charge in [-0.05, 0) is 42.8 Å². The largest absolute Gasteiger partial charge is 0.321 e. The zero-order chi connectivity index (χ0) is 23.9. The molecule has 1 N–H and O–H groups in total. The summed E-state index contributed by atoms with van der Waals surface area (Å²) in [6.45, 7) is 1.47. The molecule has 0 bridgehead atoms. The maximum absolute atomic E-state index is 14.0. The Hall–Kier alpha value is -3.49. The molecule has 4 rings (SSSR count). The number of rotatable bonds is 8. The predicted molar refractivity (Wildman–Crippen MR) is 133 cm³/mol. The number of anilines is 1. The molecule has 8 heteroatoms. The summed E-state index contributed by atoms with van der Waals surface area (Å²) in [5.74, 6) is -0.478. The lowest BCUT2D eigenvalue weighted by Crippen LogP contribution is -2.16. The molecule has 1 aromatic heterocycles. The number of carbonyl (C=O) groups excluding carboxylic acids is 2. The zero-order valence-electron chi connectivity index (χ0n) is 18.2. The number of carbonyl (C=O) groups is 2. The van der Waals surface area contributed by atoms with Crippen molar-refractivity contribution in [1.29, 1.82) is 0 Å². The normalized spacial score (nSPS) is 10.6. The Labute approximate surface area is 205 Å². The number of thioether (sulfide) groups is 1. The van der Waals surface area contributed by atoms with E-state index in [9.17, 15) is 14.0 Å². The Morgan fingerprint density at radius 1 is 0.971 bits per heavy atom. The molecule has 0 unspecified atom stereocenters. The van der Waals surface area contributed by atoms with Crippen LogP contribution in [-0.2, 0) is 5.75 Å². The summed E-state index contributed by atoms with van der Waals surface area (Å²) in [7, 11) is 0. The fraction of sp³-hybridized carbons (Fsp3) is 0.0769. The highest BCUT2D eigenvalue weighted by molar-refractivity contribution is 7.99. The van der Waals surface area contributed by atoms with Crippen LogP contribution < -0.4 is 5.32 Å². The molecule has 1 heterocycles. The Morgan fingerprint density at radius 3 is 2.50 bits per heavy atom. The van der Waals surface area contributed by atoms with Crippen LogP contribution in [0, 0.1) is 5.82 Å². The Morgan fingerprint density at radius 2 is 1.74 bits per heavy atom. The van der Waals surface area contributed by atoms with Gasteiger partial charge in [-0.15, -0.1) is 0 Å².